The van der Waals surface area contributed by atoms with E-state index >= 15 is 0 Å². The number of hydrogen-bond donors (Lipinski definition) is 0. The molecule has 2 aromatic carbocycles. The van der Waals surface area contributed by atoms with Gasteiger partial charge < -0.3 is 14.2 Å². The maximum atomic E-state index is 12.8. The highest BCUT2D eigenvalue weighted by Gasteiger charge is 2.20. The SMILES string of the molecule is CCN(C(=O)Cc1nc(-c2ccc(OC)cc2)no1)c1cc(C)ccc1C. The lowest BCUT2D eigenvalue weighted by atomic mass is 10.1. The van der Waals surface area contributed by atoms with Gasteiger partial charge in [-0.25, -0.2) is 0 Å². The van der Waals surface area contributed by atoms with E-state index in [1.807, 2.05) is 63.2 Å². The summed E-state index contributed by atoms with van der Waals surface area (Å²) < 4.78 is 10.4. The fourth-order valence-electron chi connectivity index (χ4n) is 2.90. The molecule has 1 amide bonds. The Hall–Kier alpha value is -3.15. The summed E-state index contributed by atoms with van der Waals surface area (Å²) in [4.78, 5) is 18.9. The molecule has 0 atom stereocenters. The Kier molecular flexibility index (Phi) is 5.54. The van der Waals surface area contributed by atoms with Gasteiger partial charge in [0.15, 0.2) is 0 Å². The van der Waals surface area contributed by atoms with Gasteiger partial charge in [0.25, 0.3) is 0 Å². The first-order chi connectivity index (χ1) is 13.0. The zero-order valence-corrected chi connectivity index (χ0v) is 16.0. The second-order valence-electron chi connectivity index (χ2n) is 6.34. The quantitative estimate of drug-likeness (QED) is 0.661. The molecule has 0 saturated carbocycles. The van der Waals surface area contributed by atoms with Crippen LogP contribution < -0.4 is 9.64 Å². The number of amides is 1. The van der Waals surface area contributed by atoms with Crippen LogP contribution in [0.3, 0.4) is 0 Å². The molecule has 140 valence electrons. The molecule has 0 N–H and O–H groups in total. The topological polar surface area (TPSA) is 68.5 Å². The summed E-state index contributed by atoms with van der Waals surface area (Å²) in [5, 5.41) is 3.99. The van der Waals surface area contributed by atoms with E-state index in [0.29, 0.717) is 18.3 Å². The average molecular weight is 365 g/mol. The van der Waals surface area contributed by atoms with Crippen molar-refractivity contribution in [3.05, 3.63) is 59.5 Å². The third kappa shape index (κ3) is 4.16. The molecule has 0 aliphatic heterocycles. The molecule has 0 bridgehead atoms. The largest absolute Gasteiger partial charge is 0.497 e. The van der Waals surface area contributed by atoms with E-state index in [9.17, 15) is 4.79 Å². The van der Waals surface area contributed by atoms with Gasteiger partial charge in [-0.1, -0.05) is 17.3 Å². The number of methoxy groups -OCH3 is 1. The molecule has 6 heteroatoms. The number of nitrogens with zero attached hydrogens (tertiary/aromatic N) is 3. The molecular formula is C21H23N3O3. The smallest absolute Gasteiger partial charge is 0.236 e. The zero-order chi connectivity index (χ0) is 19.4. The van der Waals surface area contributed by atoms with Crippen LogP contribution in [0.25, 0.3) is 11.4 Å². The fraction of sp³-hybridized carbons (Fsp3) is 0.286. The van der Waals surface area contributed by atoms with Crippen molar-refractivity contribution in [2.75, 3.05) is 18.6 Å². The van der Waals surface area contributed by atoms with Gasteiger partial charge in [0.05, 0.1) is 7.11 Å². The van der Waals surface area contributed by atoms with Crippen LogP contribution in [0.4, 0.5) is 5.69 Å². The van der Waals surface area contributed by atoms with Crippen molar-refractivity contribution in [2.45, 2.75) is 27.2 Å². The van der Waals surface area contributed by atoms with Crippen molar-refractivity contribution in [1.82, 2.24) is 10.1 Å². The number of rotatable bonds is 6. The maximum Gasteiger partial charge on any atom is 0.236 e. The van der Waals surface area contributed by atoms with Crippen LogP contribution in [0.15, 0.2) is 47.0 Å². The molecule has 3 aromatic rings. The van der Waals surface area contributed by atoms with Crippen LogP contribution in [0.1, 0.15) is 23.9 Å². The van der Waals surface area contributed by atoms with E-state index in [2.05, 4.69) is 10.1 Å². The van der Waals surface area contributed by atoms with Gasteiger partial charge in [-0.05, 0) is 62.2 Å². The number of ether oxygens (including phenoxy) is 1. The summed E-state index contributed by atoms with van der Waals surface area (Å²) in [6, 6.07) is 13.4. The van der Waals surface area contributed by atoms with Crippen LogP contribution in [0.2, 0.25) is 0 Å². The molecule has 0 aliphatic rings. The first kappa shape index (κ1) is 18.6. The van der Waals surface area contributed by atoms with Gasteiger partial charge in [0.2, 0.25) is 17.6 Å². The number of benzene rings is 2. The minimum atomic E-state index is -0.0730. The lowest BCUT2D eigenvalue weighted by Gasteiger charge is -2.23. The standard InChI is InChI=1S/C21H23N3O3/c1-5-24(18-12-14(2)6-7-15(18)3)20(25)13-19-22-21(23-27-19)16-8-10-17(26-4)11-9-16/h6-12H,5,13H2,1-4H3. The van der Waals surface area contributed by atoms with Crippen molar-refractivity contribution in [3.63, 3.8) is 0 Å². The number of aromatic nitrogens is 2. The van der Waals surface area contributed by atoms with Crippen molar-refractivity contribution < 1.29 is 14.1 Å². The van der Waals surface area contributed by atoms with Gasteiger partial charge in [-0.15, -0.1) is 0 Å². The molecule has 0 radical (unpaired) electrons. The maximum absolute atomic E-state index is 12.8. The fourth-order valence-corrected chi connectivity index (χ4v) is 2.90. The van der Waals surface area contributed by atoms with Crippen LogP contribution in [0.5, 0.6) is 5.75 Å². The van der Waals surface area contributed by atoms with E-state index in [-0.39, 0.29) is 12.3 Å². The molecule has 0 unspecified atom stereocenters. The molecule has 0 fully saturated rings. The number of likely N-dealkylation sites (N-methyl/N-ethyl adjacent to an activating group) is 1. The predicted octanol–water partition coefficient (Wildman–Crippen LogP) is 3.96. The second kappa shape index (κ2) is 8.03. The summed E-state index contributed by atoms with van der Waals surface area (Å²) in [5.74, 6) is 1.44. The highest BCUT2D eigenvalue weighted by Crippen LogP contribution is 2.23. The summed E-state index contributed by atoms with van der Waals surface area (Å²) in [7, 11) is 1.61. The normalized spacial score (nSPS) is 10.7. The summed E-state index contributed by atoms with van der Waals surface area (Å²) in [6.45, 7) is 6.54. The van der Waals surface area contributed by atoms with Crippen molar-refractivity contribution in [2.24, 2.45) is 0 Å². The molecule has 0 saturated heterocycles. The van der Waals surface area contributed by atoms with Crippen molar-refractivity contribution in [1.29, 1.82) is 0 Å². The van der Waals surface area contributed by atoms with Crippen molar-refractivity contribution in [3.8, 4) is 17.1 Å². The number of anilines is 1. The molecule has 3 rings (SSSR count). The number of hydrogen-bond acceptors (Lipinski definition) is 5. The summed E-state index contributed by atoms with van der Waals surface area (Å²) >= 11 is 0. The average Bonchev–Trinajstić information content (AvgIpc) is 3.13. The van der Waals surface area contributed by atoms with E-state index in [1.165, 1.54) is 0 Å². The molecule has 27 heavy (non-hydrogen) atoms. The Morgan fingerprint density at radius 1 is 1.15 bits per heavy atom. The molecule has 1 heterocycles. The van der Waals surface area contributed by atoms with Crippen LogP contribution in [-0.2, 0) is 11.2 Å². The van der Waals surface area contributed by atoms with Gasteiger partial charge in [-0.2, -0.15) is 4.98 Å². The minimum absolute atomic E-state index is 0.0599. The number of carbonyl (C=O) groups is 1. The molecular weight excluding hydrogens is 342 g/mol. The highest BCUT2D eigenvalue weighted by molar-refractivity contribution is 5.95. The molecule has 0 spiro atoms. The number of aryl methyl sites for hydroxylation is 2. The minimum Gasteiger partial charge on any atom is -0.497 e. The Labute approximate surface area is 158 Å². The predicted molar refractivity (Wildman–Crippen MR) is 104 cm³/mol. The lowest BCUT2D eigenvalue weighted by molar-refractivity contribution is -0.118. The second-order valence-corrected chi connectivity index (χ2v) is 6.34. The first-order valence-electron chi connectivity index (χ1n) is 8.86. The Balaban J connectivity index is 1.77. The van der Waals surface area contributed by atoms with E-state index in [1.54, 1.807) is 12.0 Å². The van der Waals surface area contributed by atoms with Gasteiger partial charge >= 0.3 is 0 Å². The molecule has 6 nitrogen and oxygen atoms in total. The van der Waals surface area contributed by atoms with Crippen molar-refractivity contribution >= 4 is 11.6 Å². The Bertz CT molecular complexity index is 932. The van der Waals surface area contributed by atoms with E-state index in [4.69, 9.17) is 9.26 Å². The Morgan fingerprint density at radius 3 is 2.56 bits per heavy atom. The lowest BCUT2D eigenvalue weighted by Crippen LogP contribution is -2.32. The van der Waals surface area contributed by atoms with Crippen LogP contribution in [0, 0.1) is 13.8 Å². The van der Waals surface area contributed by atoms with E-state index in [0.717, 1.165) is 28.1 Å². The Morgan fingerprint density at radius 2 is 1.89 bits per heavy atom. The van der Waals surface area contributed by atoms with Crippen LogP contribution >= 0.6 is 0 Å². The van der Waals surface area contributed by atoms with Gasteiger partial charge in [0, 0.05) is 17.8 Å². The third-order valence-corrected chi connectivity index (χ3v) is 4.39. The highest BCUT2D eigenvalue weighted by atomic mass is 16.5. The van der Waals surface area contributed by atoms with Gasteiger partial charge in [-0.3, -0.25) is 4.79 Å². The first-order valence-corrected chi connectivity index (χ1v) is 8.86. The zero-order valence-electron chi connectivity index (χ0n) is 16.0. The van der Waals surface area contributed by atoms with Crippen LogP contribution in [-0.4, -0.2) is 29.7 Å². The van der Waals surface area contributed by atoms with Gasteiger partial charge in [0.1, 0.15) is 12.2 Å². The molecule has 0 aliphatic carbocycles. The van der Waals surface area contributed by atoms with E-state index < -0.39 is 0 Å². The third-order valence-electron chi connectivity index (χ3n) is 4.39. The summed E-state index contributed by atoms with van der Waals surface area (Å²) in [6.07, 6.45) is 0.0599. The number of carbonyl (C=O) groups excluding carboxylic acids is 1. The molecule has 1 aromatic heterocycles. The monoisotopic (exact) mass is 365 g/mol. The summed E-state index contributed by atoms with van der Waals surface area (Å²) in [5.41, 5.74) is 3.89.